The lowest BCUT2D eigenvalue weighted by atomic mass is 10.2. The second-order valence-electron chi connectivity index (χ2n) is 5.15. The van der Waals surface area contributed by atoms with E-state index < -0.39 is 12.0 Å². The first-order valence-corrected chi connectivity index (χ1v) is 7.98. The number of carboxylic acid groups (broad SMARTS) is 1. The first kappa shape index (κ1) is 14.6. The molecule has 0 radical (unpaired) electrons. The number of amides is 2. The molecule has 2 amide bonds. The number of benzene rings is 1. The van der Waals surface area contributed by atoms with Crippen LogP contribution in [0.5, 0.6) is 0 Å². The van der Waals surface area contributed by atoms with Crippen molar-refractivity contribution in [1.82, 2.24) is 4.90 Å². The molecule has 22 heavy (non-hydrogen) atoms. The van der Waals surface area contributed by atoms with Gasteiger partial charge in [0.1, 0.15) is 6.04 Å². The topological polar surface area (TPSA) is 69.6 Å². The lowest BCUT2D eigenvalue weighted by molar-refractivity contribution is -0.141. The van der Waals surface area contributed by atoms with Crippen LogP contribution in [0.3, 0.4) is 0 Å². The monoisotopic (exact) mass is 316 g/mol. The van der Waals surface area contributed by atoms with Crippen molar-refractivity contribution in [2.45, 2.75) is 18.9 Å². The van der Waals surface area contributed by atoms with Gasteiger partial charge in [0.2, 0.25) is 0 Å². The summed E-state index contributed by atoms with van der Waals surface area (Å²) in [4.78, 5) is 25.9. The van der Waals surface area contributed by atoms with Crippen molar-refractivity contribution in [1.29, 1.82) is 0 Å². The Kier molecular flexibility index (Phi) is 4.11. The zero-order chi connectivity index (χ0) is 15.5. The number of hydrogen-bond donors (Lipinski definition) is 2. The predicted octanol–water partition coefficient (Wildman–Crippen LogP) is 3.50. The lowest BCUT2D eigenvalue weighted by Crippen LogP contribution is -2.42. The fourth-order valence-corrected chi connectivity index (χ4v) is 3.53. The Balaban J connectivity index is 1.78. The van der Waals surface area contributed by atoms with Crippen molar-refractivity contribution < 1.29 is 14.7 Å². The summed E-state index contributed by atoms with van der Waals surface area (Å²) < 4.78 is 0. The van der Waals surface area contributed by atoms with Crippen molar-refractivity contribution in [3.8, 4) is 10.4 Å². The molecule has 0 bridgehead atoms. The fourth-order valence-electron chi connectivity index (χ4n) is 2.67. The number of likely N-dealkylation sites (tertiary alicyclic amines) is 1. The maximum atomic E-state index is 12.4. The Bertz CT molecular complexity index is 684. The molecule has 1 atom stereocenters. The number of nitrogens with one attached hydrogen (secondary N) is 1. The van der Waals surface area contributed by atoms with Gasteiger partial charge >= 0.3 is 12.0 Å². The van der Waals surface area contributed by atoms with Crippen LogP contribution in [0.2, 0.25) is 0 Å². The number of rotatable bonds is 3. The summed E-state index contributed by atoms with van der Waals surface area (Å²) in [7, 11) is 0. The molecule has 0 saturated carbocycles. The van der Waals surface area contributed by atoms with Crippen molar-refractivity contribution in [2.24, 2.45) is 0 Å². The maximum Gasteiger partial charge on any atom is 0.326 e. The van der Waals surface area contributed by atoms with E-state index in [9.17, 15) is 14.7 Å². The first-order chi connectivity index (χ1) is 10.7. The number of nitrogens with zero attached hydrogens (tertiary/aromatic N) is 1. The van der Waals surface area contributed by atoms with Gasteiger partial charge in [-0.25, -0.2) is 9.59 Å². The van der Waals surface area contributed by atoms with Crippen LogP contribution >= 0.6 is 11.3 Å². The number of carboxylic acids is 1. The van der Waals surface area contributed by atoms with Crippen molar-refractivity contribution in [3.63, 3.8) is 0 Å². The van der Waals surface area contributed by atoms with Crippen LogP contribution in [0.4, 0.5) is 10.5 Å². The summed E-state index contributed by atoms with van der Waals surface area (Å²) >= 11 is 1.54. The molecule has 6 heteroatoms. The highest BCUT2D eigenvalue weighted by atomic mass is 32.1. The summed E-state index contributed by atoms with van der Waals surface area (Å²) in [5.74, 6) is -0.943. The molecule has 1 aliphatic rings. The molecule has 0 unspecified atom stereocenters. The van der Waals surface area contributed by atoms with Crippen LogP contribution in [-0.4, -0.2) is 34.6 Å². The number of anilines is 1. The summed E-state index contributed by atoms with van der Waals surface area (Å²) in [6.45, 7) is 0.480. The summed E-state index contributed by atoms with van der Waals surface area (Å²) in [5.41, 5.74) is 1.75. The predicted molar refractivity (Wildman–Crippen MR) is 86.1 cm³/mol. The van der Waals surface area contributed by atoms with E-state index in [0.717, 1.165) is 22.5 Å². The zero-order valence-corrected chi connectivity index (χ0v) is 12.7. The molecule has 1 aromatic heterocycles. The average Bonchev–Trinajstić information content (AvgIpc) is 3.17. The Hall–Kier alpha value is -2.34. The molecule has 3 rings (SSSR count). The molecule has 1 fully saturated rings. The van der Waals surface area contributed by atoms with E-state index in [1.807, 2.05) is 41.8 Å². The molecular formula is C16H16N2O3S. The van der Waals surface area contributed by atoms with Gasteiger partial charge in [-0.15, -0.1) is 11.3 Å². The molecule has 1 saturated heterocycles. The Morgan fingerprint density at radius 1 is 1.23 bits per heavy atom. The second kappa shape index (κ2) is 6.19. The number of carbonyl (C=O) groups is 2. The average molecular weight is 316 g/mol. The standard InChI is InChI=1S/C16H16N2O3S/c19-15(20)13-7-4-9-18(13)16(21)17-12-8-10-22-14(12)11-5-2-1-3-6-11/h1-3,5-6,8,10,13H,4,7,9H2,(H,17,21)(H,19,20)/t13-/m1/s1. The van der Waals surface area contributed by atoms with E-state index in [0.29, 0.717) is 13.0 Å². The van der Waals surface area contributed by atoms with Crippen LogP contribution in [0, 0.1) is 0 Å². The molecule has 114 valence electrons. The van der Waals surface area contributed by atoms with Gasteiger partial charge in [-0.2, -0.15) is 0 Å². The maximum absolute atomic E-state index is 12.4. The number of thiophene rings is 1. The van der Waals surface area contributed by atoms with Crippen LogP contribution in [0.25, 0.3) is 10.4 Å². The Morgan fingerprint density at radius 2 is 2.00 bits per heavy atom. The third-order valence-corrected chi connectivity index (χ3v) is 4.71. The van der Waals surface area contributed by atoms with Crippen LogP contribution < -0.4 is 5.32 Å². The molecule has 5 nitrogen and oxygen atoms in total. The second-order valence-corrected chi connectivity index (χ2v) is 6.07. The van der Waals surface area contributed by atoms with E-state index in [1.165, 1.54) is 4.90 Å². The first-order valence-electron chi connectivity index (χ1n) is 7.10. The van der Waals surface area contributed by atoms with E-state index in [1.54, 1.807) is 11.3 Å². The molecule has 2 N–H and O–H groups in total. The van der Waals surface area contributed by atoms with E-state index >= 15 is 0 Å². The van der Waals surface area contributed by atoms with Crippen molar-refractivity contribution in [3.05, 3.63) is 41.8 Å². The van der Waals surface area contributed by atoms with E-state index in [-0.39, 0.29) is 6.03 Å². The van der Waals surface area contributed by atoms with Crippen molar-refractivity contribution in [2.75, 3.05) is 11.9 Å². The summed E-state index contributed by atoms with van der Waals surface area (Å²) in [6, 6.07) is 10.6. The zero-order valence-electron chi connectivity index (χ0n) is 11.9. The smallest absolute Gasteiger partial charge is 0.326 e. The highest BCUT2D eigenvalue weighted by molar-refractivity contribution is 7.14. The van der Waals surface area contributed by atoms with Crippen LogP contribution in [0.1, 0.15) is 12.8 Å². The highest BCUT2D eigenvalue weighted by Gasteiger charge is 2.34. The van der Waals surface area contributed by atoms with Gasteiger partial charge in [0.15, 0.2) is 0 Å². The van der Waals surface area contributed by atoms with Gasteiger partial charge in [0.25, 0.3) is 0 Å². The summed E-state index contributed by atoms with van der Waals surface area (Å²) in [6.07, 6.45) is 1.23. The number of urea groups is 1. The van der Waals surface area contributed by atoms with Gasteiger partial charge in [0.05, 0.1) is 10.6 Å². The van der Waals surface area contributed by atoms with Gasteiger partial charge in [-0.1, -0.05) is 30.3 Å². The third-order valence-electron chi connectivity index (χ3n) is 3.74. The Labute approximate surface area is 132 Å². The lowest BCUT2D eigenvalue weighted by Gasteiger charge is -2.21. The largest absolute Gasteiger partial charge is 0.480 e. The molecule has 2 aromatic rings. The van der Waals surface area contributed by atoms with Crippen LogP contribution in [0.15, 0.2) is 41.8 Å². The Morgan fingerprint density at radius 3 is 2.73 bits per heavy atom. The molecular weight excluding hydrogens is 300 g/mol. The minimum atomic E-state index is -0.943. The van der Waals surface area contributed by atoms with Gasteiger partial charge < -0.3 is 15.3 Å². The third kappa shape index (κ3) is 2.82. The summed E-state index contributed by atoms with van der Waals surface area (Å²) in [5, 5.41) is 13.9. The number of aliphatic carboxylic acids is 1. The highest BCUT2D eigenvalue weighted by Crippen LogP contribution is 2.34. The SMILES string of the molecule is O=C(O)[C@H]1CCCN1C(=O)Nc1ccsc1-c1ccccc1. The van der Waals surface area contributed by atoms with Gasteiger partial charge in [-0.3, -0.25) is 0 Å². The van der Waals surface area contributed by atoms with Gasteiger partial charge in [0, 0.05) is 6.54 Å². The molecule has 1 aromatic carbocycles. The normalized spacial score (nSPS) is 17.5. The van der Waals surface area contributed by atoms with E-state index in [2.05, 4.69) is 5.32 Å². The minimum Gasteiger partial charge on any atom is -0.480 e. The van der Waals surface area contributed by atoms with Crippen molar-refractivity contribution >= 4 is 29.0 Å². The van der Waals surface area contributed by atoms with Gasteiger partial charge in [-0.05, 0) is 29.9 Å². The molecule has 1 aliphatic heterocycles. The van der Waals surface area contributed by atoms with E-state index in [4.69, 9.17) is 0 Å². The molecule has 0 aliphatic carbocycles. The minimum absolute atomic E-state index is 0.347. The molecule has 2 heterocycles. The molecule has 0 spiro atoms. The quantitative estimate of drug-likeness (QED) is 0.910. The fraction of sp³-hybridized carbons (Fsp3) is 0.250. The number of hydrogen-bond acceptors (Lipinski definition) is 3. The van der Waals surface area contributed by atoms with Crippen LogP contribution in [-0.2, 0) is 4.79 Å². The number of carbonyl (C=O) groups excluding carboxylic acids is 1.